The molecule has 1 aromatic rings. The number of carbonyl (C=O) groups is 2. The zero-order valence-electron chi connectivity index (χ0n) is 11.0. The molecule has 1 aliphatic rings. The molecule has 0 N–H and O–H groups in total. The molecule has 4 heteroatoms. The first-order chi connectivity index (χ1) is 9.06. The minimum Gasteiger partial charge on any atom is -0.289 e. The number of ketones is 2. The lowest BCUT2D eigenvalue weighted by atomic mass is 9.90. The molecule has 2 nitrogen and oxygen atoms in total. The third-order valence-electron chi connectivity index (χ3n) is 3.10. The molecule has 0 heterocycles. The van der Waals surface area contributed by atoms with Gasteiger partial charge in [0.2, 0.25) is 0 Å². The van der Waals surface area contributed by atoms with E-state index in [1.54, 1.807) is 25.1 Å². The van der Waals surface area contributed by atoms with E-state index in [1.807, 2.05) is 0 Å². The molecule has 0 aromatic heterocycles. The second-order valence-electron chi connectivity index (χ2n) is 4.50. The Kier molecular flexibility index (Phi) is 4.63. The average molecular weight is 339 g/mol. The first-order valence-corrected chi connectivity index (χ1v) is 8.06. The van der Waals surface area contributed by atoms with Crippen LogP contribution < -0.4 is 0 Å². The van der Waals surface area contributed by atoms with E-state index in [1.165, 1.54) is 11.8 Å². The number of allylic oxidation sites excluding steroid dienone is 2. The summed E-state index contributed by atoms with van der Waals surface area (Å²) in [7, 11) is 0. The SMILES string of the molecule is CCCCSC1=C(C)C(=O)c2cc(Br)ccc2C1=O. The second kappa shape index (κ2) is 6.06. The Hall–Kier alpha value is -0.870. The van der Waals surface area contributed by atoms with E-state index >= 15 is 0 Å². The average Bonchev–Trinajstić information content (AvgIpc) is 2.40. The summed E-state index contributed by atoms with van der Waals surface area (Å²) in [4.78, 5) is 25.4. The van der Waals surface area contributed by atoms with Crippen molar-refractivity contribution in [1.82, 2.24) is 0 Å². The summed E-state index contributed by atoms with van der Waals surface area (Å²) in [6.07, 6.45) is 2.14. The van der Waals surface area contributed by atoms with Crippen LogP contribution in [0.4, 0.5) is 0 Å². The fourth-order valence-corrected chi connectivity index (χ4v) is 3.54. The van der Waals surface area contributed by atoms with E-state index in [-0.39, 0.29) is 11.6 Å². The van der Waals surface area contributed by atoms with Gasteiger partial charge in [0.25, 0.3) is 0 Å². The molecule has 0 fully saturated rings. The molecule has 0 spiro atoms. The van der Waals surface area contributed by atoms with Crippen molar-refractivity contribution in [2.75, 3.05) is 5.75 Å². The summed E-state index contributed by atoms with van der Waals surface area (Å²) in [5.41, 5.74) is 1.62. The minimum atomic E-state index is -0.0325. The van der Waals surface area contributed by atoms with Crippen molar-refractivity contribution in [3.05, 3.63) is 44.3 Å². The van der Waals surface area contributed by atoms with Crippen LogP contribution in [0.5, 0.6) is 0 Å². The van der Waals surface area contributed by atoms with Gasteiger partial charge in [-0.2, -0.15) is 0 Å². The Morgan fingerprint density at radius 2 is 1.89 bits per heavy atom. The van der Waals surface area contributed by atoms with E-state index in [9.17, 15) is 9.59 Å². The van der Waals surface area contributed by atoms with Crippen LogP contribution in [0.3, 0.4) is 0 Å². The van der Waals surface area contributed by atoms with Crippen LogP contribution in [0.15, 0.2) is 33.2 Å². The third kappa shape index (κ3) is 2.84. The van der Waals surface area contributed by atoms with Gasteiger partial charge in [-0.3, -0.25) is 9.59 Å². The van der Waals surface area contributed by atoms with Crippen LogP contribution >= 0.6 is 27.7 Å². The Labute approximate surface area is 125 Å². The van der Waals surface area contributed by atoms with Gasteiger partial charge in [-0.25, -0.2) is 0 Å². The highest BCUT2D eigenvalue weighted by molar-refractivity contribution is 9.10. The summed E-state index contributed by atoms with van der Waals surface area (Å²) in [6.45, 7) is 3.86. The zero-order valence-corrected chi connectivity index (χ0v) is 13.4. The van der Waals surface area contributed by atoms with Gasteiger partial charge in [0.1, 0.15) is 0 Å². The van der Waals surface area contributed by atoms with Gasteiger partial charge in [0.15, 0.2) is 11.6 Å². The number of halogens is 1. The lowest BCUT2D eigenvalue weighted by molar-refractivity contribution is 0.0981. The van der Waals surface area contributed by atoms with Crippen molar-refractivity contribution in [3.63, 3.8) is 0 Å². The topological polar surface area (TPSA) is 34.1 Å². The maximum Gasteiger partial charge on any atom is 0.200 e. The highest BCUT2D eigenvalue weighted by atomic mass is 79.9. The summed E-state index contributed by atoms with van der Waals surface area (Å²) >= 11 is 4.85. The number of rotatable bonds is 4. The molecule has 0 amide bonds. The van der Waals surface area contributed by atoms with Crippen LogP contribution in [0.2, 0.25) is 0 Å². The fraction of sp³-hybridized carbons (Fsp3) is 0.333. The van der Waals surface area contributed by atoms with Crippen molar-refractivity contribution < 1.29 is 9.59 Å². The zero-order chi connectivity index (χ0) is 14.0. The third-order valence-corrected chi connectivity index (χ3v) is 4.87. The van der Waals surface area contributed by atoms with Gasteiger partial charge in [-0.1, -0.05) is 29.3 Å². The summed E-state index contributed by atoms with van der Waals surface area (Å²) in [6, 6.07) is 5.26. The van der Waals surface area contributed by atoms with Gasteiger partial charge in [-0.05, 0) is 37.3 Å². The van der Waals surface area contributed by atoms with Crippen molar-refractivity contribution in [2.24, 2.45) is 0 Å². The summed E-state index contributed by atoms with van der Waals surface area (Å²) in [5, 5.41) is 0. The van der Waals surface area contributed by atoms with Crippen molar-refractivity contribution in [2.45, 2.75) is 26.7 Å². The monoisotopic (exact) mass is 338 g/mol. The Morgan fingerprint density at radius 1 is 1.16 bits per heavy atom. The standard InChI is InChI=1S/C15H15BrO2S/c1-3-4-7-19-15-9(2)13(17)12-8-10(16)5-6-11(12)14(15)18/h5-6,8H,3-4,7H2,1-2H3. The molecule has 0 aliphatic heterocycles. The predicted octanol–water partition coefficient (Wildman–Crippen LogP) is 4.64. The molecule has 2 rings (SSSR count). The molecule has 0 radical (unpaired) electrons. The lowest BCUT2D eigenvalue weighted by Gasteiger charge is -2.18. The number of carbonyl (C=O) groups excluding carboxylic acids is 2. The van der Waals surface area contributed by atoms with Crippen LogP contribution in [0, 0.1) is 0 Å². The largest absolute Gasteiger partial charge is 0.289 e. The minimum absolute atomic E-state index is 0.0132. The number of benzene rings is 1. The molecule has 0 atom stereocenters. The van der Waals surface area contributed by atoms with E-state index < -0.39 is 0 Å². The molecule has 0 saturated heterocycles. The molecule has 100 valence electrons. The fourth-order valence-electron chi connectivity index (χ4n) is 1.99. The number of thioether (sulfide) groups is 1. The normalized spacial score (nSPS) is 14.9. The Bertz CT molecular complexity index is 576. The van der Waals surface area contributed by atoms with Gasteiger partial charge < -0.3 is 0 Å². The van der Waals surface area contributed by atoms with E-state index in [4.69, 9.17) is 0 Å². The van der Waals surface area contributed by atoms with E-state index in [0.29, 0.717) is 21.6 Å². The summed E-state index contributed by atoms with van der Waals surface area (Å²) in [5.74, 6) is 0.837. The Morgan fingerprint density at radius 3 is 2.58 bits per heavy atom. The highest BCUT2D eigenvalue weighted by Gasteiger charge is 2.29. The van der Waals surface area contributed by atoms with Crippen molar-refractivity contribution in [3.8, 4) is 0 Å². The maximum absolute atomic E-state index is 12.4. The van der Waals surface area contributed by atoms with Gasteiger partial charge >= 0.3 is 0 Å². The molecular weight excluding hydrogens is 324 g/mol. The summed E-state index contributed by atoms with van der Waals surface area (Å²) < 4.78 is 0.822. The lowest BCUT2D eigenvalue weighted by Crippen LogP contribution is -2.19. The number of unbranched alkanes of at least 4 members (excludes halogenated alkanes) is 1. The van der Waals surface area contributed by atoms with Gasteiger partial charge in [0, 0.05) is 21.2 Å². The van der Waals surface area contributed by atoms with Gasteiger partial charge in [-0.15, -0.1) is 11.8 Å². The molecule has 0 bridgehead atoms. The molecular formula is C15H15BrO2S. The number of Topliss-reactive ketones (excluding diaryl/α,β-unsaturated/α-hetero) is 2. The highest BCUT2D eigenvalue weighted by Crippen LogP contribution is 2.34. The molecule has 0 unspecified atom stereocenters. The van der Waals surface area contributed by atoms with Crippen LogP contribution in [0.1, 0.15) is 47.4 Å². The van der Waals surface area contributed by atoms with Crippen LogP contribution in [0.25, 0.3) is 0 Å². The smallest absolute Gasteiger partial charge is 0.200 e. The molecule has 1 aromatic carbocycles. The predicted molar refractivity (Wildman–Crippen MR) is 82.9 cm³/mol. The second-order valence-corrected chi connectivity index (χ2v) is 6.53. The maximum atomic E-state index is 12.4. The molecule has 1 aliphatic carbocycles. The number of hydrogen-bond acceptors (Lipinski definition) is 3. The molecule has 19 heavy (non-hydrogen) atoms. The van der Waals surface area contributed by atoms with Crippen molar-refractivity contribution in [1.29, 1.82) is 0 Å². The van der Waals surface area contributed by atoms with Gasteiger partial charge in [0.05, 0.1) is 4.91 Å². The van der Waals surface area contributed by atoms with E-state index in [0.717, 1.165) is 23.1 Å². The number of fused-ring (bicyclic) bond motifs is 1. The van der Waals surface area contributed by atoms with E-state index in [2.05, 4.69) is 22.9 Å². The van der Waals surface area contributed by atoms with Crippen LogP contribution in [-0.4, -0.2) is 17.3 Å². The quantitative estimate of drug-likeness (QED) is 0.750. The van der Waals surface area contributed by atoms with Crippen LogP contribution in [-0.2, 0) is 0 Å². The number of hydrogen-bond donors (Lipinski definition) is 0. The van der Waals surface area contributed by atoms with Crippen molar-refractivity contribution >= 4 is 39.3 Å². The first kappa shape index (κ1) is 14.5. The molecule has 0 saturated carbocycles. The Balaban J connectivity index is 2.38. The first-order valence-electron chi connectivity index (χ1n) is 6.29.